The van der Waals surface area contributed by atoms with Gasteiger partial charge in [0.15, 0.2) is 0 Å². The van der Waals surface area contributed by atoms with E-state index in [9.17, 15) is 14.4 Å². The van der Waals surface area contributed by atoms with Crippen LogP contribution in [0.5, 0.6) is 0 Å². The van der Waals surface area contributed by atoms with Gasteiger partial charge in [0.1, 0.15) is 56.3 Å². The summed E-state index contributed by atoms with van der Waals surface area (Å²) >= 11 is 8.46. The lowest BCUT2D eigenvalue weighted by Crippen LogP contribution is -2.33. The first kappa shape index (κ1) is 57.1. The molecule has 6 aliphatic rings. The Kier molecular flexibility index (Phi) is 20.7. The van der Waals surface area contributed by atoms with E-state index in [1.54, 1.807) is 25.9 Å². The van der Waals surface area contributed by atoms with E-state index in [1.807, 2.05) is 40.9 Å². The molecule has 0 radical (unpaired) electrons. The first-order chi connectivity index (χ1) is 37.6. The van der Waals surface area contributed by atoms with E-state index in [0.29, 0.717) is 67.4 Å². The fraction of sp³-hybridized carbons (Fsp3) is 0.632. The Bertz CT molecular complexity index is 2920. The molecule has 6 aromatic rings. The Labute approximate surface area is 472 Å². The van der Waals surface area contributed by atoms with Crippen molar-refractivity contribution < 1.29 is 29.0 Å². The SMILES string of the molecule is CCOC(=O)CBr.CCOC(=O)CCC1CCC(Nc2ncnc3sc4c(c23)CCC4)CC1.NC1CCC(Nc2ncnc3sc4c(c23)CCC4)CC1.O=C(O)CCC1CCC(Nc2ncnc3sc4c(c23)CCC4)CC1. The molecule has 0 spiro atoms. The summed E-state index contributed by atoms with van der Waals surface area (Å²) in [5, 5.41) is 24.0. The fourth-order valence-corrected chi connectivity index (χ4v) is 16.1. The van der Waals surface area contributed by atoms with Crippen molar-refractivity contribution in [3.63, 3.8) is 0 Å². The predicted molar refractivity (Wildman–Crippen MR) is 314 cm³/mol. The van der Waals surface area contributed by atoms with E-state index in [0.717, 1.165) is 122 Å². The Morgan fingerprint density at radius 1 is 0.545 bits per heavy atom. The Balaban J connectivity index is 0.000000133. The van der Waals surface area contributed by atoms with Crippen LogP contribution in [0.1, 0.15) is 167 Å². The first-order valence-corrected chi connectivity index (χ1v) is 32.0. The number of aliphatic carboxylic acids is 1. The van der Waals surface area contributed by atoms with Gasteiger partial charge in [0.05, 0.1) is 29.4 Å². The second-order valence-electron chi connectivity index (χ2n) is 21.5. The first-order valence-electron chi connectivity index (χ1n) is 28.5. The zero-order valence-corrected chi connectivity index (χ0v) is 48.9. The van der Waals surface area contributed by atoms with Crippen LogP contribution in [0, 0.1) is 11.8 Å². The van der Waals surface area contributed by atoms with Gasteiger partial charge < -0.3 is 36.3 Å². The van der Waals surface area contributed by atoms with Crippen LogP contribution in [0.3, 0.4) is 0 Å². The number of hydrogen-bond acceptors (Lipinski definition) is 18. The number of nitrogens with two attached hydrogens (primary N) is 1. The molecule has 0 bridgehead atoms. The number of hydrogen-bond donors (Lipinski definition) is 5. The summed E-state index contributed by atoms with van der Waals surface area (Å²) in [5.41, 5.74) is 10.4. The molecule has 3 fully saturated rings. The third-order valence-corrected chi connectivity index (χ3v) is 20.3. The lowest BCUT2D eigenvalue weighted by molar-refractivity contribution is -0.143. The van der Waals surface area contributed by atoms with Gasteiger partial charge in [-0.3, -0.25) is 14.4 Å². The second kappa shape index (κ2) is 28.0. The van der Waals surface area contributed by atoms with E-state index >= 15 is 0 Å². The van der Waals surface area contributed by atoms with Gasteiger partial charge in [-0.25, -0.2) is 29.9 Å². The van der Waals surface area contributed by atoms with E-state index in [-0.39, 0.29) is 11.9 Å². The van der Waals surface area contributed by atoms with Crippen molar-refractivity contribution in [1.82, 2.24) is 29.9 Å². The maximum absolute atomic E-state index is 11.5. The minimum absolute atomic E-state index is 0.0533. The molecular formula is C57H77BrN10O6S3. The normalized spacial score (nSPS) is 22.3. The largest absolute Gasteiger partial charge is 0.481 e. The number of aromatic nitrogens is 6. The number of carbonyl (C=O) groups excluding carboxylic acids is 2. The van der Waals surface area contributed by atoms with E-state index in [1.165, 1.54) is 105 Å². The van der Waals surface area contributed by atoms with Crippen molar-refractivity contribution in [2.24, 2.45) is 17.6 Å². The van der Waals surface area contributed by atoms with Crippen LogP contribution in [-0.4, -0.2) is 95.6 Å². The summed E-state index contributed by atoms with van der Waals surface area (Å²) in [7, 11) is 0. The number of aryl methyl sites for hydroxylation is 6. The van der Waals surface area contributed by atoms with Gasteiger partial charge in [-0.2, -0.15) is 0 Å². The number of carboxylic acid groups (broad SMARTS) is 1. The van der Waals surface area contributed by atoms with Crippen LogP contribution in [0.25, 0.3) is 30.6 Å². The summed E-state index contributed by atoms with van der Waals surface area (Å²) in [6, 6.07) is 1.83. The van der Waals surface area contributed by atoms with E-state index in [4.69, 9.17) is 15.6 Å². The molecule has 12 rings (SSSR count). The molecule has 20 heteroatoms. The molecule has 0 aromatic carbocycles. The van der Waals surface area contributed by atoms with E-state index < -0.39 is 5.97 Å². The Hall–Kier alpha value is -4.63. The van der Waals surface area contributed by atoms with Crippen molar-refractivity contribution in [3.8, 4) is 0 Å². The zero-order chi connectivity index (χ0) is 53.7. The molecule has 0 atom stereocenters. The van der Waals surface area contributed by atoms with Crippen LogP contribution in [-0.2, 0) is 62.4 Å². The van der Waals surface area contributed by atoms with Gasteiger partial charge in [-0.05, 0) is 190 Å². The van der Waals surface area contributed by atoms with Gasteiger partial charge in [0.25, 0.3) is 0 Å². The van der Waals surface area contributed by atoms with Crippen molar-refractivity contribution in [2.75, 3.05) is 34.5 Å². The molecule has 6 N–H and O–H groups in total. The molecule has 77 heavy (non-hydrogen) atoms. The number of thiophene rings is 3. The molecule has 0 unspecified atom stereocenters. The molecule has 0 aliphatic heterocycles. The third kappa shape index (κ3) is 15.0. The number of rotatable bonds is 15. The maximum Gasteiger partial charge on any atom is 0.316 e. The number of nitrogens with one attached hydrogen (secondary N) is 3. The number of halogens is 1. The molecule has 0 saturated heterocycles. The molecule has 6 aromatic heterocycles. The summed E-state index contributed by atoms with van der Waals surface area (Å²) in [4.78, 5) is 67.4. The number of carboxylic acids is 1. The van der Waals surface area contributed by atoms with Crippen molar-refractivity contribution >= 4 is 116 Å². The number of nitrogens with zero attached hydrogens (tertiary/aromatic N) is 6. The van der Waals surface area contributed by atoms with Crippen LogP contribution in [0.2, 0.25) is 0 Å². The van der Waals surface area contributed by atoms with Gasteiger partial charge in [0, 0.05) is 51.6 Å². The lowest BCUT2D eigenvalue weighted by Gasteiger charge is -2.29. The standard InChI is InChI=1S/C20H27N3O2S.C18H23N3O2S.C15H20N4S.C4H7BrO2/c1-2-25-17(24)11-8-13-6-9-14(10-7-13)23-19-18-15-4-3-5-16(15)26-20(18)22-12-21-19;22-15(23)9-6-11-4-7-12(8-5-11)21-17-16-13-2-1-3-14(13)24-18(16)20-10-19-17;16-9-4-6-10(7-5-9)19-14-13-11-2-1-3-12(11)20-15(13)18-8-17-14;1-2-7-4(6)3-5/h12-14H,2-11H2,1H3,(H,21,22,23);10-12H,1-9H2,(H,22,23)(H,19,20,21);8-10H,1-7,16H2,(H,17,18,19);2-3H2,1H3. The molecule has 6 aliphatic carbocycles. The fourth-order valence-electron chi connectivity index (χ4n) is 12.2. The molecule has 16 nitrogen and oxygen atoms in total. The van der Waals surface area contributed by atoms with Gasteiger partial charge in [-0.1, -0.05) is 15.9 Å². The molecule has 0 amide bonds. The van der Waals surface area contributed by atoms with Crippen LogP contribution >= 0.6 is 49.9 Å². The van der Waals surface area contributed by atoms with Crippen LogP contribution in [0.4, 0.5) is 17.5 Å². The van der Waals surface area contributed by atoms with E-state index in [2.05, 4.69) is 66.5 Å². The van der Waals surface area contributed by atoms with Crippen molar-refractivity contribution in [3.05, 3.63) is 50.3 Å². The molecule has 6 heterocycles. The average molecular weight is 1170 g/mol. The molecular weight excluding hydrogens is 1100 g/mol. The number of alkyl halides is 1. The highest BCUT2D eigenvalue weighted by Crippen LogP contribution is 2.43. The number of carbonyl (C=O) groups is 3. The maximum atomic E-state index is 11.5. The highest BCUT2D eigenvalue weighted by Gasteiger charge is 2.29. The quantitative estimate of drug-likeness (QED) is 0.0475. The Morgan fingerprint density at radius 3 is 1.26 bits per heavy atom. The highest BCUT2D eigenvalue weighted by atomic mass is 79.9. The predicted octanol–water partition coefficient (Wildman–Crippen LogP) is 12.3. The summed E-state index contributed by atoms with van der Waals surface area (Å²) in [6.45, 7) is 4.59. The van der Waals surface area contributed by atoms with Crippen LogP contribution < -0.4 is 21.7 Å². The van der Waals surface area contributed by atoms with Crippen molar-refractivity contribution in [2.45, 2.75) is 199 Å². The average Bonchev–Trinajstić information content (AvgIpc) is 4.33. The number of anilines is 3. The number of esters is 2. The number of fused-ring (bicyclic) bond motifs is 9. The lowest BCUT2D eigenvalue weighted by atomic mass is 9.83. The van der Waals surface area contributed by atoms with Gasteiger partial charge in [0.2, 0.25) is 0 Å². The highest BCUT2D eigenvalue weighted by molar-refractivity contribution is 9.09. The van der Waals surface area contributed by atoms with Crippen LogP contribution in [0.15, 0.2) is 19.0 Å². The summed E-state index contributed by atoms with van der Waals surface area (Å²) < 4.78 is 9.54. The number of ether oxygens (including phenoxy) is 2. The summed E-state index contributed by atoms with van der Waals surface area (Å²) in [5.74, 6) is 3.37. The Morgan fingerprint density at radius 2 is 0.909 bits per heavy atom. The topological polar surface area (TPSA) is 229 Å². The molecule has 416 valence electrons. The van der Waals surface area contributed by atoms with Gasteiger partial charge >= 0.3 is 17.9 Å². The third-order valence-electron chi connectivity index (χ3n) is 16.2. The van der Waals surface area contributed by atoms with Crippen molar-refractivity contribution in [1.29, 1.82) is 0 Å². The van der Waals surface area contributed by atoms with Gasteiger partial charge in [-0.15, -0.1) is 34.0 Å². The second-order valence-corrected chi connectivity index (χ2v) is 25.3. The monoisotopic (exact) mass is 1170 g/mol. The minimum atomic E-state index is -0.676. The zero-order valence-electron chi connectivity index (χ0n) is 44.8. The summed E-state index contributed by atoms with van der Waals surface area (Å²) in [6.07, 6.45) is 32.2. The smallest absolute Gasteiger partial charge is 0.316 e. The minimum Gasteiger partial charge on any atom is -0.481 e. The molecule has 3 saturated carbocycles.